The SMILES string of the molecule is CCOc1cc(S)ccc1C. The van der Waals surface area contributed by atoms with Crippen molar-refractivity contribution in [1.82, 2.24) is 0 Å². The van der Waals surface area contributed by atoms with Gasteiger partial charge in [0, 0.05) is 4.90 Å². The van der Waals surface area contributed by atoms with Crippen LogP contribution in [-0.2, 0) is 0 Å². The van der Waals surface area contributed by atoms with Crippen LogP contribution >= 0.6 is 12.6 Å². The molecule has 0 saturated heterocycles. The van der Waals surface area contributed by atoms with Crippen LogP contribution < -0.4 is 4.74 Å². The van der Waals surface area contributed by atoms with Gasteiger partial charge in [0.15, 0.2) is 0 Å². The van der Waals surface area contributed by atoms with Crippen molar-refractivity contribution in [1.29, 1.82) is 0 Å². The monoisotopic (exact) mass is 168 g/mol. The van der Waals surface area contributed by atoms with Gasteiger partial charge in [-0.05, 0) is 31.5 Å². The molecule has 0 unspecified atom stereocenters. The number of hydrogen-bond donors (Lipinski definition) is 1. The highest BCUT2D eigenvalue weighted by Gasteiger charge is 1.97. The number of aryl methyl sites for hydroxylation is 1. The van der Waals surface area contributed by atoms with Crippen molar-refractivity contribution in [2.24, 2.45) is 0 Å². The van der Waals surface area contributed by atoms with Gasteiger partial charge in [0.25, 0.3) is 0 Å². The normalized spacial score (nSPS) is 9.73. The van der Waals surface area contributed by atoms with Crippen molar-refractivity contribution < 1.29 is 4.74 Å². The van der Waals surface area contributed by atoms with Crippen LogP contribution in [-0.4, -0.2) is 6.61 Å². The minimum absolute atomic E-state index is 0.706. The zero-order valence-electron chi connectivity index (χ0n) is 6.79. The highest BCUT2D eigenvalue weighted by molar-refractivity contribution is 7.80. The van der Waals surface area contributed by atoms with E-state index in [0.717, 1.165) is 16.2 Å². The molecular weight excluding hydrogens is 156 g/mol. The van der Waals surface area contributed by atoms with Gasteiger partial charge in [-0.15, -0.1) is 12.6 Å². The summed E-state index contributed by atoms with van der Waals surface area (Å²) < 4.78 is 5.37. The van der Waals surface area contributed by atoms with E-state index < -0.39 is 0 Å². The Labute approximate surface area is 72.8 Å². The molecule has 0 aromatic heterocycles. The summed E-state index contributed by atoms with van der Waals surface area (Å²) in [5.41, 5.74) is 1.16. The summed E-state index contributed by atoms with van der Waals surface area (Å²) >= 11 is 4.21. The summed E-state index contributed by atoms with van der Waals surface area (Å²) in [5.74, 6) is 0.931. The largest absolute Gasteiger partial charge is 0.494 e. The molecule has 1 aromatic rings. The van der Waals surface area contributed by atoms with E-state index in [4.69, 9.17) is 4.74 Å². The van der Waals surface area contributed by atoms with Crippen molar-refractivity contribution in [3.63, 3.8) is 0 Å². The number of benzene rings is 1. The highest BCUT2D eigenvalue weighted by Crippen LogP contribution is 2.21. The lowest BCUT2D eigenvalue weighted by molar-refractivity contribution is 0.337. The second kappa shape index (κ2) is 3.67. The Morgan fingerprint density at radius 1 is 1.45 bits per heavy atom. The number of thiol groups is 1. The molecule has 1 aromatic carbocycles. The maximum Gasteiger partial charge on any atom is 0.123 e. The van der Waals surface area contributed by atoms with Gasteiger partial charge in [-0.1, -0.05) is 6.07 Å². The Kier molecular flexibility index (Phi) is 2.83. The first-order valence-corrected chi connectivity index (χ1v) is 4.11. The Balaban J connectivity index is 2.93. The fourth-order valence-electron chi connectivity index (χ4n) is 0.900. The summed E-state index contributed by atoms with van der Waals surface area (Å²) in [5, 5.41) is 0. The first kappa shape index (κ1) is 8.47. The highest BCUT2D eigenvalue weighted by atomic mass is 32.1. The summed E-state index contributed by atoms with van der Waals surface area (Å²) in [6.07, 6.45) is 0. The summed E-state index contributed by atoms with van der Waals surface area (Å²) in [7, 11) is 0. The molecule has 1 nitrogen and oxygen atoms in total. The Morgan fingerprint density at radius 2 is 2.18 bits per heavy atom. The average Bonchev–Trinajstić information content (AvgIpc) is 1.98. The maximum absolute atomic E-state index is 5.37. The van der Waals surface area contributed by atoms with Gasteiger partial charge >= 0.3 is 0 Å². The van der Waals surface area contributed by atoms with Crippen LogP contribution in [0.15, 0.2) is 23.1 Å². The Bertz CT molecular complexity index is 245. The van der Waals surface area contributed by atoms with Gasteiger partial charge in [-0.25, -0.2) is 0 Å². The van der Waals surface area contributed by atoms with E-state index in [1.807, 2.05) is 32.0 Å². The molecule has 0 radical (unpaired) electrons. The Hall–Kier alpha value is -0.630. The molecule has 0 bridgehead atoms. The van der Waals surface area contributed by atoms with E-state index in [0.29, 0.717) is 6.61 Å². The third kappa shape index (κ3) is 2.15. The molecule has 11 heavy (non-hydrogen) atoms. The van der Waals surface area contributed by atoms with Gasteiger partial charge in [-0.2, -0.15) is 0 Å². The average molecular weight is 168 g/mol. The molecule has 0 N–H and O–H groups in total. The number of hydrogen-bond acceptors (Lipinski definition) is 2. The van der Waals surface area contributed by atoms with Gasteiger partial charge in [0.05, 0.1) is 6.61 Å². The van der Waals surface area contributed by atoms with Crippen molar-refractivity contribution in [3.8, 4) is 5.75 Å². The van der Waals surface area contributed by atoms with Crippen LogP contribution in [0.5, 0.6) is 5.75 Å². The predicted octanol–water partition coefficient (Wildman–Crippen LogP) is 2.68. The fourth-order valence-corrected chi connectivity index (χ4v) is 1.09. The van der Waals surface area contributed by atoms with Crippen LogP contribution in [0, 0.1) is 6.92 Å². The lowest BCUT2D eigenvalue weighted by atomic mass is 10.2. The maximum atomic E-state index is 5.37. The molecular formula is C9H12OS. The number of ether oxygens (including phenoxy) is 1. The van der Waals surface area contributed by atoms with Crippen LogP contribution in [0.3, 0.4) is 0 Å². The summed E-state index contributed by atoms with van der Waals surface area (Å²) in [6, 6.07) is 5.90. The molecule has 2 heteroatoms. The third-order valence-electron chi connectivity index (χ3n) is 1.47. The topological polar surface area (TPSA) is 9.23 Å². The molecule has 0 aliphatic rings. The molecule has 0 amide bonds. The second-order valence-corrected chi connectivity index (χ2v) is 2.90. The van der Waals surface area contributed by atoms with Gasteiger partial charge in [0.2, 0.25) is 0 Å². The molecule has 0 aliphatic heterocycles. The van der Waals surface area contributed by atoms with Crippen molar-refractivity contribution >= 4 is 12.6 Å². The molecule has 0 atom stereocenters. The van der Waals surface area contributed by atoms with Crippen molar-refractivity contribution in [2.75, 3.05) is 6.61 Å². The minimum Gasteiger partial charge on any atom is -0.494 e. The minimum atomic E-state index is 0.706. The van der Waals surface area contributed by atoms with Crippen molar-refractivity contribution in [2.45, 2.75) is 18.7 Å². The van der Waals surface area contributed by atoms with Crippen LogP contribution in [0.1, 0.15) is 12.5 Å². The van der Waals surface area contributed by atoms with Gasteiger partial charge in [-0.3, -0.25) is 0 Å². The van der Waals surface area contributed by atoms with Gasteiger partial charge < -0.3 is 4.74 Å². The van der Waals surface area contributed by atoms with E-state index >= 15 is 0 Å². The molecule has 0 fully saturated rings. The molecule has 0 spiro atoms. The summed E-state index contributed by atoms with van der Waals surface area (Å²) in [6.45, 7) is 4.71. The first-order chi connectivity index (χ1) is 5.24. The predicted molar refractivity (Wildman–Crippen MR) is 49.6 cm³/mol. The molecule has 1 rings (SSSR count). The van der Waals surface area contributed by atoms with E-state index in [9.17, 15) is 0 Å². The van der Waals surface area contributed by atoms with Crippen molar-refractivity contribution in [3.05, 3.63) is 23.8 Å². The first-order valence-electron chi connectivity index (χ1n) is 3.66. The van der Waals surface area contributed by atoms with E-state index in [1.54, 1.807) is 0 Å². The smallest absolute Gasteiger partial charge is 0.123 e. The zero-order valence-corrected chi connectivity index (χ0v) is 7.69. The second-order valence-electron chi connectivity index (χ2n) is 2.38. The van der Waals surface area contributed by atoms with E-state index in [1.165, 1.54) is 0 Å². The van der Waals surface area contributed by atoms with Gasteiger partial charge in [0.1, 0.15) is 5.75 Å². The van der Waals surface area contributed by atoms with Crippen LogP contribution in [0.25, 0.3) is 0 Å². The fraction of sp³-hybridized carbons (Fsp3) is 0.333. The van der Waals surface area contributed by atoms with Crippen LogP contribution in [0.2, 0.25) is 0 Å². The zero-order chi connectivity index (χ0) is 8.27. The lowest BCUT2D eigenvalue weighted by Crippen LogP contribution is -1.93. The Morgan fingerprint density at radius 3 is 2.82 bits per heavy atom. The molecule has 0 aliphatic carbocycles. The number of rotatable bonds is 2. The molecule has 60 valence electrons. The quantitative estimate of drug-likeness (QED) is 0.668. The molecule has 0 heterocycles. The van der Waals surface area contributed by atoms with E-state index in [2.05, 4.69) is 12.6 Å². The molecule has 0 saturated carbocycles. The van der Waals surface area contributed by atoms with E-state index in [-0.39, 0.29) is 0 Å². The van der Waals surface area contributed by atoms with Crippen LogP contribution in [0.4, 0.5) is 0 Å². The standard InChI is InChI=1S/C9H12OS/c1-3-10-9-6-8(11)5-4-7(9)2/h4-6,11H,3H2,1-2H3. The summed E-state index contributed by atoms with van der Waals surface area (Å²) in [4.78, 5) is 0.944. The lowest BCUT2D eigenvalue weighted by Gasteiger charge is -2.06. The third-order valence-corrected chi connectivity index (χ3v) is 1.75.